The van der Waals surface area contributed by atoms with Gasteiger partial charge in [-0.25, -0.2) is 13.2 Å². The summed E-state index contributed by atoms with van der Waals surface area (Å²) in [4.78, 5) is 14.1. The molecule has 0 aliphatic carbocycles. The number of aliphatic hydroxyl groups excluding tert-OH is 1. The van der Waals surface area contributed by atoms with Gasteiger partial charge in [-0.05, 0) is 36.8 Å². The lowest BCUT2D eigenvalue weighted by atomic mass is 9.70. The lowest BCUT2D eigenvalue weighted by Crippen LogP contribution is -2.70. The molecular weight excluding hydrogens is 409 g/mol. The molecule has 31 heavy (non-hydrogen) atoms. The van der Waals surface area contributed by atoms with Crippen LogP contribution < -0.4 is 5.32 Å². The van der Waals surface area contributed by atoms with Gasteiger partial charge in [0.1, 0.15) is 11.4 Å². The van der Waals surface area contributed by atoms with Gasteiger partial charge in [-0.1, -0.05) is 33.8 Å². The number of likely N-dealkylation sites (tertiary alicyclic amines) is 1. The lowest BCUT2D eigenvalue weighted by molar-refractivity contribution is -0.166. The molecule has 3 rings (SSSR count). The highest BCUT2D eigenvalue weighted by molar-refractivity contribution is 6.01. The van der Waals surface area contributed by atoms with E-state index >= 15 is 0 Å². The molecular formula is C23H29F3N2O3. The minimum Gasteiger partial charge on any atom is -0.396 e. The molecule has 8 heteroatoms. The Labute approximate surface area is 180 Å². The normalized spacial score (nSPS) is 15.0. The van der Waals surface area contributed by atoms with Crippen molar-refractivity contribution in [2.24, 2.45) is 5.41 Å². The van der Waals surface area contributed by atoms with E-state index in [0.717, 1.165) is 12.1 Å². The third-order valence-corrected chi connectivity index (χ3v) is 5.56. The van der Waals surface area contributed by atoms with Crippen LogP contribution in [0.4, 0.5) is 24.5 Å². The number of aliphatic hydroxyl groups is 2. The molecule has 1 aliphatic rings. The van der Waals surface area contributed by atoms with Crippen molar-refractivity contribution in [2.75, 3.05) is 25.0 Å². The summed E-state index contributed by atoms with van der Waals surface area (Å²) in [5.41, 5.74) is -2.26. The molecule has 1 aliphatic heterocycles. The minimum atomic E-state index is -1.30. The van der Waals surface area contributed by atoms with Crippen molar-refractivity contribution in [3.05, 3.63) is 58.9 Å². The Morgan fingerprint density at radius 3 is 2.29 bits per heavy atom. The number of β-amino-alcohol motifs (C(OH)–C–C–N with tert-alkyl or cyclic N) is 1. The van der Waals surface area contributed by atoms with Crippen LogP contribution in [-0.2, 0) is 0 Å². The van der Waals surface area contributed by atoms with Crippen molar-refractivity contribution >= 4 is 17.3 Å². The molecule has 0 aromatic heterocycles. The van der Waals surface area contributed by atoms with Crippen LogP contribution in [0.3, 0.4) is 0 Å². The van der Waals surface area contributed by atoms with Crippen molar-refractivity contribution in [3.63, 3.8) is 0 Å². The maximum absolute atomic E-state index is 14.5. The van der Waals surface area contributed by atoms with Gasteiger partial charge in [-0.2, -0.15) is 0 Å². The zero-order valence-electron chi connectivity index (χ0n) is 18.4. The molecule has 0 unspecified atom stereocenters. The summed E-state index contributed by atoms with van der Waals surface area (Å²) in [6, 6.07) is 6.13. The molecule has 0 bridgehead atoms. The van der Waals surface area contributed by atoms with Gasteiger partial charge in [0.05, 0.1) is 36.6 Å². The number of amides is 1. The Morgan fingerprint density at radius 2 is 1.74 bits per heavy atom. The smallest absolute Gasteiger partial charge is 0.256 e. The monoisotopic (exact) mass is 438 g/mol. The number of rotatable bonds is 5. The van der Waals surface area contributed by atoms with E-state index in [1.165, 1.54) is 17.0 Å². The van der Waals surface area contributed by atoms with E-state index in [9.17, 15) is 28.2 Å². The summed E-state index contributed by atoms with van der Waals surface area (Å²) >= 11 is 0. The fraction of sp³-hybridized carbons (Fsp3) is 0.435. The van der Waals surface area contributed by atoms with Crippen LogP contribution in [0.2, 0.25) is 0 Å². The molecule has 2 aromatic rings. The van der Waals surface area contributed by atoms with Crippen molar-refractivity contribution in [2.45, 2.75) is 40.2 Å². The molecule has 1 saturated heterocycles. The lowest BCUT2D eigenvalue weighted by Gasteiger charge is -2.54. The van der Waals surface area contributed by atoms with E-state index in [1.54, 1.807) is 26.8 Å². The second-order valence-corrected chi connectivity index (χ2v) is 8.13. The molecule has 0 radical (unpaired) electrons. The number of anilines is 2. The average molecular weight is 438 g/mol. The molecule has 0 atom stereocenters. The zero-order valence-corrected chi connectivity index (χ0v) is 18.4. The molecule has 1 amide bonds. The van der Waals surface area contributed by atoms with Crippen LogP contribution in [-0.4, -0.2) is 46.3 Å². The Kier molecular flexibility index (Phi) is 7.39. The molecule has 3 N–H and O–H groups in total. The largest absolute Gasteiger partial charge is 0.396 e. The number of benzene rings is 2. The molecule has 5 nitrogen and oxygen atoms in total. The first-order valence-corrected chi connectivity index (χ1v) is 10.1. The van der Waals surface area contributed by atoms with Gasteiger partial charge in [0.2, 0.25) is 0 Å². The van der Waals surface area contributed by atoms with E-state index in [-0.39, 0.29) is 30.9 Å². The zero-order chi connectivity index (χ0) is 23.6. The van der Waals surface area contributed by atoms with Crippen molar-refractivity contribution in [3.8, 4) is 0 Å². The molecule has 1 fully saturated rings. The fourth-order valence-electron chi connectivity index (χ4n) is 3.18. The van der Waals surface area contributed by atoms with Gasteiger partial charge in [0, 0.05) is 5.41 Å². The number of hydrogen-bond donors (Lipinski definition) is 3. The van der Waals surface area contributed by atoms with E-state index in [1.807, 2.05) is 13.8 Å². The summed E-state index contributed by atoms with van der Waals surface area (Å²) in [5.74, 6) is -3.80. The van der Waals surface area contributed by atoms with Gasteiger partial charge < -0.3 is 20.4 Å². The Balaban J connectivity index is 0.00000166. The van der Waals surface area contributed by atoms with Gasteiger partial charge in [-0.3, -0.25) is 4.79 Å². The highest BCUT2D eigenvalue weighted by atomic mass is 19.2. The maximum atomic E-state index is 14.5. The second kappa shape index (κ2) is 9.28. The molecule has 0 saturated carbocycles. The van der Waals surface area contributed by atoms with E-state index in [4.69, 9.17) is 0 Å². The number of hydrogen-bond acceptors (Lipinski definition) is 4. The standard InChI is InChI=1S/C21H23F3N2O3.C2H6/c1-12-4-7-16(15(23)8-12)25-18-13(5-6-14(22)17(18)24)19(28)26-9-21(29,10-26)20(2,3)11-27;1-2/h4-8,25,27,29H,9-11H2,1-3H3;1-2H3. The van der Waals surface area contributed by atoms with Gasteiger partial charge in [0.15, 0.2) is 11.6 Å². The van der Waals surface area contributed by atoms with Gasteiger partial charge >= 0.3 is 0 Å². The Hall–Kier alpha value is -2.58. The van der Waals surface area contributed by atoms with Crippen LogP contribution in [0.15, 0.2) is 30.3 Å². The first kappa shape index (κ1) is 24.7. The number of halogens is 3. The summed E-state index contributed by atoms with van der Waals surface area (Å²) < 4.78 is 42.5. The molecule has 1 heterocycles. The molecule has 2 aromatic carbocycles. The van der Waals surface area contributed by atoms with E-state index < -0.39 is 40.1 Å². The third kappa shape index (κ3) is 4.70. The first-order valence-electron chi connectivity index (χ1n) is 10.1. The number of nitrogens with zero attached hydrogens (tertiary/aromatic N) is 1. The van der Waals surface area contributed by atoms with Crippen molar-refractivity contribution in [1.82, 2.24) is 4.90 Å². The van der Waals surface area contributed by atoms with Crippen molar-refractivity contribution < 1.29 is 28.2 Å². The van der Waals surface area contributed by atoms with Crippen LogP contribution in [0.25, 0.3) is 0 Å². The number of aryl methyl sites for hydroxylation is 1. The first-order chi connectivity index (χ1) is 14.5. The number of carbonyl (C=O) groups is 1. The van der Waals surface area contributed by atoms with E-state index in [2.05, 4.69) is 5.32 Å². The quantitative estimate of drug-likeness (QED) is 0.648. The Morgan fingerprint density at radius 1 is 1.13 bits per heavy atom. The van der Waals surface area contributed by atoms with Gasteiger partial charge in [0.25, 0.3) is 5.91 Å². The summed E-state index contributed by atoms with van der Waals surface area (Å²) in [7, 11) is 0. The molecule has 170 valence electrons. The SMILES string of the molecule is CC.Cc1ccc(Nc2c(C(=O)N3CC(O)(C(C)(C)CO)C3)ccc(F)c2F)c(F)c1. The average Bonchev–Trinajstić information content (AvgIpc) is 2.71. The number of carbonyl (C=O) groups excluding carboxylic acids is 1. The summed E-state index contributed by atoms with van der Waals surface area (Å²) in [6.07, 6.45) is 0. The van der Waals surface area contributed by atoms with Crippen LogP contribution in [0.5, 0.6) is 0 Å². The number of nitrogens with one attached hydrogen (secondary N) is 1. The van der Waals surface area contributed by atoms with Crippen LogP contribution in [0, 0.1) is 29.8 Å². The molecule has 0 spiro atoms. The Bertz CT molecular complexity index is 957. The summed E-state index contributed by atoms with van der Waals surface area (Å²) in [6.45, 7) is 8.59. The fourth-order valence-corrected chi connectivity index (χ4v) is 3.18. The van der Waals surface area contributed by atoms with Crippen LogP contribution >= 0.6 is 0 Å². The highest BCUT2D eigenvalue weighted by Crippen LogP contribution is 2.39. The van der Waals surface area contributed by atoms with Crippen molar-refractivity contribution in [1.29, 1.82) is 0 Å². The minimum absolute atomic E-state index is 0.0727. The van der Waals surface area contributed by atoms with Crippen LogP contribution in [0.1, 0.15) is 43.6 Å². The topological polar surface area (TPSA) is 72.8 Å². The third-order valence-electron chi connectivity index (χ3n) is 5.56. The predicted octanol–water partition coefficient (Wildman–Crippen LogP) is 4.39. The van der Waals surface area contributed by atoms with E-state index in [0.29, 0.717) is 5.56 Å². The summed E-state index contributed by atoms with van der Waals surface area (Å²) in [5, 5.41) is 22.6. The van der Waals surface area contributed by atoms with Gasteiger partial charge in [-0.15, -0.1) is 0 Å². The maximum Gasteiger partial charge on any atom is 0.256 e. The highest BCUT2D eigenvalue weighted by Gasteiger charge is 2.53. The second-order valence-electron chi connectivity index (χ2n) is 8.13. The predicted molar refractivity (Wildman–Crippen MR) is 114 cm³/mol.